The smallest absolute Gasteiger partial charge is 0.187 e. The fourth-order valence-corrected chi connectivity index (χ4v) is 2.81. The highest BCUT2D eigenvalue weighted by Crippen LogP contribution is 2.19. The lowest BCUT2D eigenvalue weighted by atomic mass is 9.96. The number of nitrogens with zero attached hydrogens (tertiary/aromatic N) is 1. The summed E-state index contributed by atoms with van der Waals surface area (Å²) in [5.74, 6) is 0.231. The van der Waals surface area contributed by atoms with E-state index in [1.54, 1.807) is 6.07 Å². The Morgan fingerprint density at radius 3 is 2.71 bits per heavy atom. The number of benzene rings is 1. The molecule has 21 heavy (non-hydrogen) atoms. The summed E-state index contributed by atoms with van der Waals surface area (Å²) in [5.41, 5.74) is 5.39. The van der Waals surface area contributed by atoms with Crippen molar-refractivity contribution in [2.45, 2.75) is 52.0 Å². The van der Waals surface area contributed by atoms with Gasteiger partial charge in [-0.05, 0) is 51.0 Å². The van der Waals surface area contributed by atoms with Gasteiger partial charge in [0.2, 0.25) is 0 Å². The fraction of sp³-hybridized carbons (Fsp3) is 0.500. The Labute approximate surface area is 131 Å². The number of hydrogen-bond donors (Lipinski definition) is 3. The van der Waals surface area contributed by atoms with Crippen LogP contribution in [-0.4, -0.2) is 22.0 Å². The molecule has 1 aromatic rings. The summed E-state index contributed by atoms with van der Waals surface area (Å²) in [5, 5.41) is 18.0. The Hall–Kier alpha value is -1.62. The van der Waals surface area contributed by atoms with E-state index in [1.807, 2.05) is 26.0 Å². The number of aromatic hydroxyl groups is 1. The van der Waals surface area contributed by atoms with Crippen molar-refractivity contribution in [3.8, 4) is 5.75 Å². The van der Waals surface area contributed by atoms with Crippen LogP contribution in [0.25, 0.3) is 0 Å². The summed E-state index contributed by atoms with van der Waals surface area (Å²) in [4.78, 5) is 0. The molecule has 1 aliphatic carbocycles. The second kappa shape index (κ2) is 7.41. The predicted octanol–water partition coefficient (Wildman–Crippen LogP) is 3.22. The molecule has 5 heteroatoms. The Kier molecular flexibility index (Phi) is 5.56. The van der Waals surface area contributed by atoms with Crippen LogP contribution in [0.4, 0.5) is 0 Å². The van der Waals surface area contributed by atoms with Crippen molar-refractivity contribution in [3.63, 3.8) is 0 Å². The first-order chi connectivity index (χ1) is 10.1. The van der Waals surface area contributed by atoms with E-state index in [2.05, 4.69) is 15.8 Å². The van der Waals surface area contributed by atoms with Crippen molar-refractivity contribution in [2.75, 3.05) is 0 Å². The van der Waals surface area contributed by atoms with Crippen LogP contribution in [0.1, 0.15) is 50.2 Å². The predicted molar refractivity (Wildman–Crippen MR) is 90.8 cm³/mol. The van der Waals surface area contributed by atoms with Gasteiger partial charge in [-0.1, -0.05) is 30.9 Å². The molecule has 0 aliphatic heterocycles. The van der Waals surface area contributed by atoms with Gasteiger partial charge < -0.3 is 10.4 Å². The van der Waals surface area contributed by atoms with Gasteiger partial charge in [-0.25, -0.2) is 0 Å². The van der Waals surface area contributed by atoms with Crippen LogP contribution in [0, 0.1) is 6.92 Å². The Bertz CT molecular complexity index is 536. The van der Waals surface area contributed by atoms with E-state index in [-0.39, 0.29) is 5.75 Å². The molecule has 1 aliphatic rings. The molecule has 1 aromatic carbocycles. The second-order valence-electron chi connectivity index (χ2n) is 5.64. The molecule has 0 aromatic heterocycles. The Morgan fingerprint density at radius 1 is 1.29 bits per heavy atom. The minimum absolute atomic E-state index is 0.231. The summed E-state index contributed by atoms with van der Waals surface area (Å²) >= 11 is 5.27. The van der Waals surface area contributed by atoms with Crippen LogP contribution in [0.15, 0.2) is 23.3 Å². The number of hydrazone groups is 1. The van der Waals surface area contributed by atoms with Gasteiger partial charge in [-0.15, -0.1) is 0 Å². The average molecular weight is 305 g/mol. The van der Waals surface area contributed by atoms with Gasteiger partial charge in [0.05, 0.1) is 5.71 Å². The highest BCUT2D eigenvalue weighted by molar-refractivity contribution is 7.80. The maximum Gasteiger partial charge on any atom is 0.187 e. The molecule has 2 rings (SSSR count). The fourth-order valence-electron chi connectivity index (χ4n) is 2.60. The van der Waals surface area contributed by atoms with Crippen LogP contribution >= 0.6 is 12.2 Å². The number of phenols is 1. The molecule has 1 saturated carbocycles. The van der Waals surface area contributed by atoms with Crippen molar-refractivity contribution in [2.24, 2.45) is 5.10 Å². The van der Waals surface area contributed by atoms with Crippen molar-refractivity contribution >= 4 is 23.0 Å². The lowest BCUT2D eigenvalue weighted by Crippen LogP contribution is -2.41. The standard InChI is InChI=1S/C16H23N3OS/c1-11-8-9-15(20)14(10-11)12(2)18-19-16(21)17-13-6-4-3-5-7-13/h8-10,13,20H,3-7H2,1-2H3,(H2,17,19,21)/b18-12+. The molecule has 4 nitrogen and oxygen atoms in total. The molecule has 3 N–H and O–H groups in total. The minimum atomic E-state index is 0.231. The van der Waals surface area contributed by atoms with E-state index in [9.17, 15) is 5.11 Å². The third kappa shape index (κ3) is 4.70. The first kappa shape index (κ1) is 15.8. The number of phenolic OH excluding ortho intramolecular Hbond substituents is 1. The largest absolute Gasteiger partial charge is 0.507 e. The number of rotatable bonds is 3. The van der Waals surface area contributed by atoms with Crippen LogP contribution in [0.3, 0.4) is 0 Å². The van der Waals surface area contributed by atoms with E-state index < -0.39 is 0 Å². The number of nitrogens with one attached hydrogen (secondary N) is 2. The first-order valence-electron chi connectivity index (χ1n) is 7.47. The summed E-state index contributed by atoms with van der Waals surface area (Å²) in [7, 11) is 0. The number of hydrogen-bond acceptors (Lipinski definition) is 3. The molecule has 114 valence electrons. The molecule has 0 atom stereocenters. The zero-order chi connectivity index (χ0) is 15.2. The van der Waals surface area contributed by atoms with E-state index in [1.165, 1.54) is 32.1 Å². The minimum Gasteiger partial charge on any atom is -0.507 e. The molecular formula is C16H23N3OS. The second-order valence-corrected chi connectivity index (χ2v) is 6.05. The Balaban J connectivity index is 1.93. The van der Waals surface area contributed by atoms with Crippen molar-refractivity contribution < 1.29 is 5.11 Å². The molecular weight excluding hydrogens is 282 g/mol. The topological polar surface area (TPSA) is 56.7 Å². The quantitative estimate of drug-likeness (QED) is 0.456. The van der Waals surface area contributed by atoms with Gasteiger partial charge in [0.25, 0.3) is 0 Å². The van der Waals surface area contributed by atoms with Gasteiger partial charge in [-0.3, -0.25) is 5.43 Å². The van der Waals surface area contributed by atoms with Crippen LogP contribution in [0.5, 0.6) is 5.75 Å². The molecule has 0 heterocycles. The van der Waals surface area contributed by atoms with Gasteiger partial charge in [0, 0.05) is 11.6 Å². The lowest BCUT2D eigenvalue weighted by Gasteiger charge is -2.23. The SMILES string of the molecule is C/C(=N\NC(=S)NC1CCCCC1)c1cc(C)ccc1O. The van der Waals surface area contributed by atoms with Crippen molar-refractivity contribution in [3.05, 3.63) is 29.3 Å². The summed E-state index contributed by atoms with van der Waals surface area (Å²) in [6.07, 6.45) is 6.19. The summed E-state index contributed by atoms with van der Waals surface area (Å²) in [6, 6.07) is 5.92. The highest BCUT2D eigenvalue weighted by atomic mass is 32.1. The van der Waals surface area contributed by atoms with E-state index in [0.717, 1.165) is 11.1 Å². The zero-order valence-corrected chi connectivity index (χ0v) is 13.5. The molecule has 0 radical (unpaired) electrons. The monoisotopic (exact) mass is 305 g/mol. The van der Waals surface area contributed by atoms with E-state index >= 15 is 0 Å². The molecule has 0 unspecified atom stereocenters. The zero-order valence-electron chi connectivity index (χ0n) is 12.6. The lowest BCUT2D eigenvalue weighted by molar-refractivity contribution is 0.412. The summed E-state index contributed by atoms with van der Waals surface area (Å²) < 4.78 is 0. The molecule has 1 fully saturated rings. The van der Waals surface area contributed by atoms with Gasteiger partial charge in [-0.2, -0.15) is 5.10 Å². The van der Waals surface area contributed by atoms with Crippen molar-refractivity contribution in [1.29, 1.82) is 0 Å². The number of aryl methyl sites for hydroxylation is 1. The van der Waals surface area contributed by atoms with Crippen molar-refractivity contribution in [1.82, 2.24) is 10.7 Å². The first-order valence-corrected chi connectivity index (χ1v) is 7.88. The van der Waals surface area contributed by atoms with E-state index in [0.29, 0.717) is 16.9 Å². The normalized spacial score (nSPS) is 16.6. The third-order valence-electron chi connectivity index (χ3n) is 3.81. The maximum atomic E-state index is 9.87. The van der Waals surface area contributed by atoms with Crippen LogP contribution < -0.4 is 10.7 Å². The van der Waals surface area contributed by atoms with Gasteiger partial charge in [0.1, 0.15) is 5.75 Å². The number of thiocarbonyl (C=S) groups is 1. The maximum absolute atomic E-state index is 9.87. The highest BCUT2D eigenvalue weighted by Gasteiger charge is 2.13. The summed E-state index contributed by atoms with van der Waals surface area (Å²) in [6.45, 7) is 3.84. The Morgan fingerprint density at radius 2 is 2.00 bits per heavy atom. The molecule has 0 bridgehead atoms. The molecule has 0 amide bonds. The van der Waals surface area contributed by atoms with Gasteiger partial charge >= 0.3 is 0 Å². The van der Waals surface area contributed by atoms with Crippen LogP contribution in [-0.2, 0) is 0 Å². The molecule has 0 saturated heterocycles. The average Bonchev–Trinajstić information content (AvgIpc) is 2.48. The molecule has 0 spiro atoms. The van der Waals surface area contributed by atoms with Gasteiger partial charge in [0.15, 0.2) is 5.11 Å². The third-order valence-corrected chi connectivity index (χ3v) is 4.02. The van der Waals surface area contributed by atoms with E-state index in [4.69, 9.17) is 12.2 Å². The van der Waals surface area contributed by atoms with Crippen LogP contribution in [0.2, 0.25) is 0 Å².